The average molecular weight is 297 g/mol. The zero-order valence-corrected chi connectivity index (χ0v) is 13.8. The van der Waals surface area contributed by atoms with Gasteiger partial charge >= 0.3 is 5.97 Å². The van der Waals surface area contributed by atoms with Crippen LogP contribution in [0.2, 0.25) is 0 Å². The van der Waals surface area contributed by atoms with E-state index in [0.29, 0.717) is 25.0 Å². The van der Waals surface area contributed by atoms with Crippen LogP contribution in [-0.2, 0) is 4.79 Å². The van der Waals surface area contributed by atoms with Crippen LogP contribution in [0.15, 0.2) is 0 Å². The van der Waals surface area contributed by atoms with Crippen molar-refractivity contribution in [3.05, 3.63) is 0 Å². The Kier molecular flexibility index (Phi) is 5.63. The molecule has 0 amide bonds. The molecule has 2 saturated heterocycles. The third kappa shape index (κ3) is 3.96. The molecule has 0 radical (unpaired) electrons. The number of nitrogens with one attached hydrogen (secondary N) is 1. The first-order valence-corrected chi connectivity index (χ1v) is 8.43. The molecular formula is C16H31N3O2. The van der Waals surface area contributed by atoms with E-state index in [4.69, 9.17) is 0 Å². The number of likely N-dealkylation sites (N-methyl/N-ethyl adjacent to an activating group) is 1. The normalized spacial score (nSPS) is 28.6. The minimum Gasteiger partial charge on any atom is -0.480 e. The predicted molar refractivity (Wildman–Crippen MR) is 84.6 cm³/mol. The van der Waals surface area contributed by atoms with Crippen LogP contribution in [0.4, 0.5) is 0 Å². The van der Waals surface area contributed by atoms with Crippen molar-refractivity contribution < 1.29 is 9.90 Å². The molecular weight excluding hydrogens is 266 g/mol. The summed E-state index contributed by atoms with van der Waals surface area (Å²) in [7, 11) is 0. The predicted octanol–water partition coefficient (Wildman–Crippen LogP) is 1.39. The minimum absolute atomic E-state index is 0.297. The van der Waals surface area contributed by atoms with E-state index in [2.05, 4.69) is 22.0 Å². The molecule has 0 aliphatic carbocycles. The first kappa shape index (κ1) is 16.7. The molecule has 122 valence electrons. The van der Waals surface area contributed by atoms with E-state index in [0.717, 1.165) is 13.1 Å². The molecule has 2 heterocycles. The molecule has 0 saturated carbocycles. The number of carbonyl (C=O) groups is 1. The van der Waals surface area contributed by atoms with E-state index < -0.39 is 11.5 Å². The molecule has 2 N–H and O–H groups in total. The Morgan fingerprint density at radius 1 is 1.38 bits per heavy atom. The Bertz CT molecular complexity index is 363. The number of fused-ring (bicyclic) bond motifs is 1. The Labute approximate surface area is 128 Å². The molecule has 3 atom stereocenters. The van der Waals surface area contributed by atoms with Crippen molar-refractivity contribution in [2.75, 3.05) is 32.7 Å². The van der Waals surface area contributed by atoms with Crippen LogP contribution in [0.1, 0.15) is 46.5 Å². The third-order valence-electron chi connectivity index (χ3n) is 5.20. The van der Waals surface area contributed by atoms with Gasteiger partial charge in [-0.2, -0.15) is 0 Å². The van der Waals surface area contributed by atoms with Gasteiger partial charge in [0.1, 0.15) is 5.54 Å². The van der Waals surface area contributed by atoms with Gasteiger partial charge in [-0.05, 0) is 65.7 Å². The lowest BCUT2D eigenvalue weighted by Crippen LogP contribution is -2.54. The van der Waals surface area contributed by atoms with Crippen molar-refractivity contribution in [3.63, 3.8) is 0 Å². The molecule has 3 unspecified atom stereocenters. The van der Waals surface area contributed by atoms with E-state index in [1.54, 1.807) is 0 Å². The van der Waals surface area contributed by atoms with Crippen LogP contribution in [-0.4, -0.2) is 71.2 Å². The van der Waals surface area contributed by atoms with Gasteiger partial charge in [0.25, 0.3) is 0 Å². The summed E-state index contributed by atoms with van der Waals surface area (Å²) in [5, 5.41) is 12.7. The van der Waals surface area contributed by atoms with Crippen molar-refractivity contribution in [1.82, 2.24) is 15.1 Å². The van der Waals surface area contributed by atoms with E-state index in [-0.39, 0.29) is 0 Å². The molecule has 0 aromatic carbocycles. The highest BCUT2D eigenvalue weighted by molar-refractivity contribution is 5.78. The van der Waals surface area contributed by atoms with Crippen LogP contribution >= 0.6 is 0 Å². The number of hydrogen-bond acceptors (Lipinski definition) is 4. The van der Waals surface area contributed by atoms with Crippen LogP contribution in [0, 0.1) is 0 Å². The molecule has 2 aliphatic heterocycles. The highest BCUT2D eigenvalue weighted by Gasteiger charge is 2.37. The SMILES string of the molecule is CCNC(C)(CC(C)N1CCCN2CCCC2C1)C(=O)O. The van der Waals surface area contributed by atoms with Crippen molar-refractivity contribution in [2.45, 2.75) is 64.1 Å². The summed E-state index contributed by atoms with van der Waals surface area (Å²) in [6, 6.07) is 0.982. The Hall–Kier alpha value is -0.650. The van der Waals surface area contributed by atoms with Crippen molar-refractivity contribution in [1.29, 1.82) is 0 Å². The number of nitrogens with zero attached hydrogens (tertiary/aromatic N) is 2. The topological polar surface area (TPSA) is 55.8 Å². The molecule has 5 nitrogen and oxygen atoms in total. The maximum atomic E-state index is 11.6. The molecule has 0 aromatic heterocycles. The number of carboxylic acid groups (broad SMARTS) is 1. The first-order valence-electron chi connectivity index (χ1n) is 8.43. The fraction of sp³-hybridized carbons (Fsp3) is 0.938. The summed E-state index contributed by atoms with van der Waals surface area (Å²) in [5.41, 5.74) is -0.824. The van der Waals surface area contributed by atoms with Crippen molar-refractivity contribution >= 4 is 5.97 Å². The zero-order valence-electron chi connectivity index (χ0n) is 13.8. The molecule has 0 bridgehead atoms. The Morgan fingerprint density at radius 2 is 2.10 bits per heavy atom. The molecule has 2 rings (SSSR count). The van der Waals surface area contributed by atoms with Crippen LogP contribution in [0.3, 0.4) is 0 Å². The summed E-state index contributed by atoms with van der Waals surface area (Å²) >= 11 is 0. The van der Waals surface area contributed by atoms with Gasteiger partial charge in [-0.15, -0.1) is 0 Å². The van der Waals surface area contributed by atoms with E-state index in [1.807, 2.05) is 13.8 Å². The lowest BCUT2D eigenvalue weighted by Gasteiger charge is -2.36. The highest BCUT2D eigenvalue weighted by Crippen LogP contribution is 2.24. The summed E-state index contributed by atoms with van der Waals surface area (Å²) in [4.78, 5) is 16.7. The quantitative estimate of drug-likeness (QED) is 0.776. The summed E-state index contributed by atoms with van der Waals surface area (Å²) in [6.07, 6.45) is 4.47. The molecule has 2 aliphatic rings. The summed E-state index contributed by atoms with van der Waals surface area (Å²) in [5.74, 6) is -0.742. The minimum atomic E-state index is -0.824. The smallest absolute Gasteiger partial charge is 0.323 e. The standard InChI is InChI=1S/C16H31N3O2/c1-4-17-16(3,15(20)21)11-13(2)19-10-6-9-18-8-5-7-14(18)12-19/h13-14,17H,4-12H2,1-3H3,(H,20,21). The largest absolute Gasteiger partial charge is 0.480 e. The first-order chi connectivity index (χ1) is 9.96. The van der Waals surface area contributed by atoms with Gasteiger partial charge < -0.3 is 10.4 Å². The molecule has 5 heteroatoms. The van der Waals surface area contributed by atoms with Gasteiger partial charge in [-0.3, -0.25) is 14.6 Å². The second-order valence-electron chi connectivity index (χ2n) is 6.90. The average Bonchev–Trinajstić information content (AvgIpc) is 2.75. The van der Waals surface area contributed by atoms with Gasteiger partial charge in [0.15, 0.2) is 0 Å². The van der Waals surface area contributed by atoms with E-state index in [1.165, 1.54) is 32.4 Å². The van der Waals surface area contributed by atoms with Gasteiger partial charge in [-0.1, -0.05) is 6.92 Å². The molecule has 0 spiro atoms. The fourth-order valence-corrected chi connectivity index (χ4v) is 3.98. The van der Waals surface area contributed by atoms with Gasteiger partial charge in [-0.25, -0.2) is 0 Å². The number of carboxylic acids is 1. The number of hydrogen-bond donors (Lipinski definition) is 2. The Balaban J connectivity index is 1.97. The summed E-state index contributed by atoms with van der Waals surface area (Å²) < 4.78 is 0. The molecule has 21 heavy (non-hydrogen) atoms. The maximum Gasteiger partial charge on any atom is 0.323 e. The van der Waals surface area contributed by atoms with Gasteiger partial charge in [0.05, 0.1) is 0 Å². The van der Waals surface area contributed by atoms with Crippen LogP contribution in [0.25, 0.3) is 0 Å². The van der Waals surface area contributed by atoms with E-state index >= 15 is 0 Å². The maximum absolute atomic E-state index is 11.6. The summed E-state index contributed by atoms with van der Waals surface area (Å²) in [6.45, 7) is 11.3. The zero-order chi connectivity index (χ0) is 15.5. The van der Waals surface area contributed by atoms with Crippen molar-refractivity contribution in [2.24, 2.45) is 0 Å². The number of aliphatic carboxylic acids is 1. The second kappa shape index (κ2) is 7.07. The highest BCUT2D eigenvalue weighted by atomic mass is 16.4. The van der Waals surface area contributed by atoms with E-state index in [9.17, 15) is 9.90 Å². The molecule has 0 aromatic rings. The van der Waals surface area contributed by atoms with Gasteiger partial charge in [0.2, 0.25) is 0 Å². The fourth-order valence-electron chi connectivity index (χ4n) is 3.98. The third-order valence-corrected chi connectivity index (χ3v) is 5.20. The van der Waals surface area contributed by atoms with Gasteiger partial charge in [0, 0.05) is 18.6 Å². The van der Waals surface area contributed by atoms with Crippen LogP contribution in [0.5, 0.6) is 0 Å². The number of rotatable bonds is 6. The van der Waals surface area contributed by atoms with Crippen LogP contribution < -0.4 is 5.32 Å². The second-order valence-corrected chi connectivity index (χ2v) is 6.90. The Morgan fingerprint density at radius 3 is 2.76 bits per heavy atom. The lowest BCUT2D eigenvalue weighted by atomic mass is 9.92. The lowest BCUT2D eigenvalue weighted by molar-refractivity contribution is -0.145. The molecule has 2 fully saturated rings. The van der Waals surface area contributed by atoms with Crippen molar-refractivity contribution in [3.8, 4) is 0 Å². The monoisotopic (exact) mass is 297 g/mol.